The van der Waals surface area contributed by atoms with Gasteiger partial charge in [0.2, 0.25) is 0 Å². The van der Waals surface area contributed by atoms with Crippen LogP contribution in [0.2, 0.25) is 0 Å². The van der Waals surface area contributed by atoms with Crippen LogP contribution < -0.4 is 0 Å². The first-order valence-corrected chi connectivity index (χ1v) is 25.1. The molecule has 0 rings (SSSR count). The molecule has 0 N–H and O–H groups in total. The molecule has 0 aliphatic heterocycles. The molecule has 0 aromatic carbocycles. The van der Waals surface area contributed by atoms with Crippen LogP contribution in [0.25, 0.3) is 0 Å². The first-order valence-electron chi connectivity index (χ1n) is 25.1. The summed E-state index contributed by atoms with van der Waals surface area (Å²) in [4.78, 5) is 37.9. The SMILES string of the molecule is CC\C=C/C=C\C=C/CCCCCCCC(=O)OC(COC(=O)CCC/C=C\C/C=C\C/C=C\CCCCCCCC)COC(=O)CCCCC/C=C\CCCCCCCC. The van der Waals surface area contributed by atoms with Crippen molar-refractivity contribution < 1.29 is 28.6 Å². The molecule has 0 aromatic rings. The third kappa shape index (κ3) is 47.5. The topological polar surface area (TPSA) is 78.9 Å². The molecule has 0 amide bonds. The van der Waals surface area contributed by atoms with Gasteiger partial charge >= 0.3 is 17.9 Å². The molecular weight excluding hydrogens is 757 g/mol. The zero-order valence-electron chi connectivity index (χ0n) is 39.7. The van der Waals surface area contributed by atoms with Crippen LogP contribution >= 0.6 is 0 Å². The zero-order valence-corrected chi connectivity index (χ0v) is 39.7. The third-order valence-electron chi connectivity index (χ3n) is 10.4. The Kier molecular flexibility index (Phi) is 46.5. The van der Waals surface area contributed by atoms with Crippen LogP contribution in [0.15, 0.2) is 85.1 Å². The highest BCUT2D eigenvalue weighted by molar-refractivity contribution is 5.71. The quantitative estimate of drug-likeness (QED) is 0.0200. The summed E-state index contributed by atoms with van der Waals surface area (Å²) in [5.41, 5.74) is 0. The molecule has 61 heavy (non-hydrogen) atoms. The van der Waals surface area contributed by atoms with Gasteiger partial charge in [0.15, 0.2) is 6.10 Å². The number of ether oxygens (including phenoxy) is 3. The van der Waals surface area contributed by atoms with Gasteiger partial charge in [0, 0.05) is 19.3 Å². The van der Waals surface area contributed by atoms with Crippen molar-refractivity contribution in [3.05, 3.63) is 85.1 Å². The lowest BCUT2D eigenvalue weighted by molar-refractivity contribution is -0.167. The molecule has 0 saturated heterocycles. The van der Waals surface area contributed by atoms with Crippen molar-refractivity contribution in [2.24, 2.45) is 0 Å². The lowest BCUT2D eigenvalue weighted by Gasteiger charge is -2.18. The van der Waals surface area contributed by atoms with E-state index in [0.29, 0.717) is 19.3 Å². The lowest BCUT2D eigenvalue weighted by atomic mass is 10.1. The molecule has 0 aliphatic rings. The fourth-order valence-electron chi connectivity index (χ4n) is 6.63. The Morgan fingerprint density at radius 2 is 0.721 bits per heavy atom. The predicted molar refractivity (Wildman–Crippen MR) is 261 cm³/mol. The molecule has 6 heteroatoms. The highest BCUT2D eigenvalue weighted by Crippen LogP contribution is 2.13. The van der Waals surface area contributed by atoms with Crippen LogP contribution in [-0.4, -0.2) is 37.2 Å². The summed E-state index contributed by atoms with van der Waals surface area (Å²) in [6, 6.07) is 0. The number of carbonyl (C=O) groups excluding carboxylic acids is 3. The van der Waals surface area contributed by atoms with Crippen molar-refractivity contribution in [3.63, 3.8) is 0 Å². The highest BCUT2D eigenvalue weighted by Gasteiger charge is 2.19. The number of hydrogen-bond acceptors (Lipinski definition) is 6. The molecule has 0 spiro atoms. The van der Waals surface area contributed by atoms with Crippen LogP contribution in [0.1, 0.15) is 226 Å². The van der Waals surface area contributed by atoms with Gasteiger partial charge in [-0.25, -0.2) is 0 Å². The van der Waals surface area contributed by atoms with E-state index in [9.17, 15) is 14.4 Å². The minimum Gasteiger partial charge on any atom is -0.462 e. The Bertz CT molecular complexity index is 1200. The Morgan fingerprint density at radius 3 is 1.23 bits per heavy atom. The molecule has 0 aromatic heterocycles. The molecule has 0 bridgehead atoms. The summed E-state index contributed by atoms with van der Waals surface area (Å²) in [5.74, 6) is -1.00. The normalized spacial score (nSPS) is 12.8. The van der Waals surface area contributed by atoms with Gasteiger partial charge in [-0.05, 0) is 96.3 Å². The van der Waals surface area contributed by atoms with E-state index in [-0.39, 0.29) is 37.5 Å². The number of carbonyl (C=O) groups is 3. The standard InChI is InChI=1S/C55H92O6/c1-4-7-10-13-16-19-22-25-26-27-28-31-33-36-39-42-45-48-54(57)60-51-52(61-55(58)49-46-43-40-37-34-30-24-21-18-15-12-9-6-3)50-59-53(56)47-44-41-38-35-32-29-23-20-17-14-11-8-5-2/h9,12,15,18,21,24-26,28-29,31-32,36,39,52H,4-8,10-11,13-14,16-17,19-20,22-23,27,30,33-35,37-38,40-51H2,1-3H3/b12-9-,18-15-,24-21-,26-25-,31-28-,32-29-,39-36-. The second-order valence-corrected chi connectivity index (χ2v) is 16.4. The maximum absolute atomic E-state index is 12.8. The van der Waals surface area contributed by atoms with E-state index >= 15 is 0 Å². The molecule has 0 heterocycles. The number of esters is 3. The first kappa shape index (κ1) is 57.6. The van der Waals surface area contributed by atoms with E-state index in [0.717, 1.165) is 96.3 Å². The van der Waals surface area contributed by atoms with Gasteiger partial charge in [0.05, 0.1) is 0 Å². The number of hydrogen-bond donors (Lipinski definition) is 0. The van der Waals surface area contributed by atoms with Crippen LogP contribution in [0.4, 0.5) is 0 Å². The highest BCUT2D eigenvalue weighted by atomic mass is 16.6. The van der Waals surface area contributed by atoms with Crippen LogP contribution in [0.3, 0.4) is 0 Å². The zero-order chi connectivity index (χ0) is 44.4. The molecule has 348 valence electrons. The summed E-state index contributed by atoms with van der Waals surface area (Å²) in [7, 11) is 0. The summed E-state index contributed by atoms with van der Waals surface area (Å²) >= 11 is 0. The summed E-state index contributed by atoms with van der Waals surface area (Å²) in [5, 5.41) is 0. The molecule has 1 unspecified atom stereocenters. The van der Waals surface area contributed by atoms with Gasteiger partial charge in [-0.3, -0.25) is 14.4 Å². The van der Waals surface area contributed by atoms with Gasteiger partial charge in [-0.15, -0.1) is 0 Å². The van der Waals surface area contributed by atoms with E-state index < -0.39 is 6.10 Å². The van der Waals surface area contributed by atoms with E-state index in [2.05, 4.69) is 106 Å². The van der Waals surface area contributed by atoms with E-state index in [1.807, 2.05) is 0 Å². The van der Waals surface area contributed by atoms with E-state index in [1.54, 1.807) is 0 Å². The fraction of sp³-hybridized carbons (Fsp3) is 0.691. The molecule has 0 aliphatic carbocycles. The van der Waals surface area contributed by atoms with Gasteiger partial charge in [-0.2, -0.15) is 0 Å². The van der Waals surface area contributed by atoms with Crippen LogP contribution in [-0.2, 0) is 28.6 Å². The fourth-order valence-corrected chi connectivity index (χ4v) is 6.63. The van der Waals surface area contributed by atoms with Gasteiger partial charge in [-0.1, -0.05) is 196 Å². The smallest absolute Gasteiger partial charge is 0.306 e. The first-order chi connectivity index (χ1) is 30.0. The van der Waals surface area contributed by atoms with Crippen molar-refractivity contribution >= 4 is 17.9 Å². The van der Waals surface area contributed by atoms with Gasteiger partial charge in [0.25, 0.3) is 0 Å². The minimum atomic E-state index is -0.812. The Balaban J connectivity index is 4.51. The Morgan fingerprint density at radius 1 is 0.361 bits per heavy atom. The third-order valence-corrected chi connectivity index (χ3v) is 10.4. The van der Waals surface area contributed by atoms with Gasteiger partial charge in [0.1, 0.15) is 13.2 Å². The largest absolute Gasteiger partial charge is 0.462 e. The maximum atomic E-state index is 12.8. The molecular formula is C55H92O6. The van der Waals surface area contributed by atoms with Crippen molar-refractivity contribution in [2.45, 2.75) is 232 Å². The Labute approximate surface area is 375 Å². The Hall–Kier alpha value is -3.41. The summed E-state index contributed by atoms with van der Waals surface area (Å²) in [6.45, 7) is 6.40. The summed E-state index contributed by atoms with van der Waals surface area (Å²) in [6.07, 6.45) is 62.9. The van der Waals surface area contributed by atoms with Gasteiger partial charge < -0.3 is 14.2 Å². The second-order valence-electron chi connectivity index (χ2n) is 16.4. The molecule has 6 nitrogen and oxygen atoms in total. The van der Waals surface area contributed by atoms with Crippen LogP contribution in [0, 0.1) is 0 Å². The van der Waals surface area contributed by atoms with Crippen molar-refractivity contribution in [1.82, 2.24) is 0 Å². The maximum Gasteiger partial charge on any atom is 0.306 e. The monoisotopic (exact) mass is 849 g/mol. The average molecular weight is 849 g/mol. The minimum absolute atomic E-state index is 0.109. The summed E-state index contributed by atoms with van der Waals surface area (Å²) < 4.78 is 16.7. The van der Waals surface area contributed by atoms with E-state index in [4.69, 9.17) is 14.2 Å². The average Bonchev–Trinajstić information content (AvgIpc) is 3.26. The number of rotatable bonds is 44. The van der Waals surface area contributed by atoms with E-state index in [1.165, 1.54) is 83.5 Å². The number of allylic oxidation sites excluding steroid dienone is 14. The lowest BCUT2D eigenvalue weighted by Crippen LogP contribution is -2.30. The molecule has 0 saturated carbocycles. The molecule has 1 atom stereocenters. The second kappa shape index (κ2) is 49.2. The predicted octanol–water partition coefficient (Wildman–Crippen LogP) is 16.4. The number of unbranched alkanes of at least 4 members (excludes halogenated alkanes) is 21. The molecule has 0 fully saturated rings. The molecule has 0 radical (unpaired) electrons. The van der Waals surface area contributed by atoms with Crippen molar-refractivity contribution in [2.75, 3.05) is 13.2 Å². The van der Waals surface area contributed by atoms with Crippen LogP contribution in [0.5, 0.6) is 0 Å². The van der Waals surface area contributed by atoms with Crippen molar-refractivity contribution in [1.29, 1.82) is 0 Å². The van der Waals surface area contributed by atoms with Crippen molar-refractivity contribution in [3.8, 4) is 0 Å².